The molecule has 2 amide bonds. The molecule has 0 radical (unpaired) electrons. The number of nitrogens with zero attached hydrogens (tertiary/aromatic N) is 1. The molecule has 1 heterocycles. The summed E-state index contributed by atoms with van der Waals surface area (Å²) in [7, 11) is 0. The Morgan fingerprint density at radius 2 is 2.05 bits per heavy atom. The SMILES string of the molecule is CCCNc1ccc(C(=O)N2CCNC(=O)C2CC)cc1. The Morgan fingerprint density at radius 3 is 2.67 bits per heavy atom. The van der Waals surface area contributed by atoms with E-state index in [1.165, 1.54) is 0 Å². The number of amides is 2. The Labute approximate surface area is 125 Å². The third-order valence-corrected chi connectivity index (χ3v) is 3.69. The molecule has 0 spiro atoms. The van der Waals surface area contributed by atoms with Crippen molar-refractivity contribution < 1.29 is 9.59 Å². The summed E-state index contributed by atoms with van der Waals surface area (Å²) in [5, 5.41) is 6.09. The maximum atomic E-state index is 12.6. The molecule has 21 heavy (non-hydrogen) atoms. The molecular weight excluding hydrogens is 266 g/mol. The largest absolute Gasteiger partial charge is 0.385 e. The second kappa shape index (κ2) is 7.11. The molecule has 2 N–H and O–H groups in total. The molecule has 1 atom stereocenters. The van der Waals surface area contributed by atoms with Crippen LogP contribution in [-0.4, -0.2) is 42.4 Å². The smallest absolute Gasteiger partial charge is 0.254 e. The van der Waals surface area contributed by atoms with E-state index in [1.54, 1.807) is 4.90 Å². The van der Waals surface area contributed by atoms with E-state index in [2.05, 4.69) is 17.6 Å². The summed E-state index contributed by atoms with van der Waals surface area (Å²) < 4.78 is 0. The van der Waals surface area contributed by atoms with Crippen LogP contribution in [0.25, 0.3) is 0 Å². The number of anilines is 1. The van der Waals surface area contributed by atoms with Crippen LogP contribution in [0, 0.1) is 0 Å². The number of nitrogens with one attached hydrogen (secondary N) is 2. The highest BCUT2D eigenvalue weighted by atomic mass is 16.2. The van der Waals surface area contributed by atoms with Gasteiger partial charge in [-0.25, -0.2) is 0 Å². The van der Waals surface area contributed by atoms with Crippen LogP contribution in [0.15, 0.2) is 24.3 Å². The van der Waals surface area contributed by atoms with Crippen molar-refractivity contribution in [3.63, 3.8) is 0 Å². The highest BCUT2D eigenvalue weighted by Gasteiger charge is 2.31. The highest BCUT2D eigenvalue weighted by Crippen LogP contribution is 2.16. The lowest BCUT2D eigenvalue weighted by molar-refractivity contribution is -0.127. The summed E-state index contributed by atoms with van der Waals surface area (Å²) in [6, 6.07) is 7.10. The molecule has 1 aliphatic heterocycles. The minimum atomic E-state index is -0.357. The summed E-state index contributed by atoms with van der Waals surface area (Å²) >= 11 is 0. The van der Waals surface area contributed by atoms with Crippen molar-refractivity contribution in [2.75, 3.05) is 25.0 Å². The zero-order valence-electron chi connectivity index (χ0n) is 12.7. The first-order chi connectivity index (χ1) is 10.2. The third-order valence-electron chi connectivity index (χ3n) is 3.69. The number of carbonyl (C=O) groups excluding carboxylic acids is 2. The van der Waals surface area contributed by atoms with Crippen LogP contribution >= 0.6 is 0 Å². The van der Waals surface area contributed by atoms with Gasteiger partial charge in [0.15, 0.2) is 0 Å². The van der Waals surface area contributed by atoms with Gasteiger partial charge in [-0.15, -0.1) is 0 Å². The van der Waals surface area contributed by atoms with Crippen molar-refractivity contribution in [2.24, 2.45) is 0 Å². The molecule has 0 bridgehead atoms. The van der Waals surface area contributed by atoms with Crippen LogP contribution in [0.4, 0.5) is 5.69 Å². The van der Waals surface area contributed by atoms with Crippen molar-refractivity contribution in [1.82, 2.24) is 10.2 Å². The minimum absolute atomic E-state index is 0.0571. The lowest BCUT2D eigenvalue weighted by Crippen LogP contribution is -2.56. The van der Waals surface area contributed by atoms with Gasteiger partial charge < -0.3 is 15.5 Å². The summed E-state index contributed by atoms with van der Waals surface area (Å²) in [5.74, 6) is -0.128. The normalized spacial score (nSPS) is 18.3. The Morgan fingerprint density at radius 1 is 1.33 bits per heavy atom. The predicted octanol–water partition coefficient (Wildman–Crippen LogP) is 1.86. The van der Waals surface area contributed by atoms with Gasteiger partial charge in [0.25, 0.3) is 5.91 Å². The summed E-state index contributed by atoms with van der Waals surface area (Å²) in [6.45, 7) is 6.04. The number of hydrogen-bond donors (Lipinski definition) is 2. The molecule has 0 aromatic heterocycles. The summed E-state index contributed by atoms with van der Waals surface area (Å²) in [5.41, 5.74) is 1.64. The molecule has 1 unspecified atom stereocenters. The van der Waals surface area contributed by atoms with Gasteiger partial charge in [0.2, 0.25) is 5.91 Å². The zero-order chi connectivity index (χ0) is 15.2. The Balaban J connectivity index is 2.09. The standard InChI is InChI=1S/C16H23N3O2/c1-3-9-17-13-7-5-12(6-8-13)16(21)19-11-10-18-15(20)14(19)4-2/h5-8,14,17H,3-4,9-11H2,1-2H3,(H,18,20). The lowest BCUT2D eigenvalue weighted by atomic mass is 10.1. The van der Waals surface area contributed by atoms with Gasteiger partial charge >= 0.3 is 0 Å². The fourth-order valence-corrected chi connectivity index (χ4v) is 2.53. The van der Waals surface area contributed by atoms with Crippen LogP contribution in [-0.2, 0) is 4.79 Å². The number of carbonyl (C=O) groups is 2. The van der Waals surface area contributed by atoms with E-state index in [0.717, 1.165) is 18.7 Å². The number of benzene rings is 1. The molecule has 5 heteroatoms. The molecule has 0 saturated carbocycles. The average molecular weight is 289 g/mol. The fraction of sp³-hybridized carbons (Fsp3) is 0.500. The molecular formula is C16H23N3O2. The zero-order valence-corrected chi connectivity index (χ0v) is 12.7. The van der Waals surface area contributed by atoms with Crippen LogP contribution < -0.4 is 10.6 Å². The first-order valence-electron chi connectivity index (χ1n) is 7.60. The first-order valence-corrected chi connectivity index (χ1v) is 7.60. The Bertz CT molecular complexity index is 499. The van der Waals surface area contributed by atoms with Crippen molar-refractivity contribution in [2.45, 2.75) is 32.7 Å². The molecule has 1 aromatic carbocycles. The van der Waals surface area contributed by atoms with Gasteiger partial charge in [-0.3, -0.25) is 9.59 Å². The number of rotatable bonds is 5. The van der Waals surface area contributed by atoms with Crippen molar-refractivity contribution in [3.05, 3.63) is 29.8 Å². The summed E-state index contributed by atoms with van der Waals surface area (Å²) in [4.78, 5) is 26.1. The maximum absolute atomic E-state index is 12.6. The predicted molar refractivity (Wildman–Crippen MR) is 83.3 cm³/mol. The van der Waals surface area contributed by atoms with E-state index < -0.39 is 0 Å². The topological polar surface area (TPSA) is 61.4 Å². The number of hydrogen-bond acceptors (Lipinski definition) is 3. The third kappa shape index (κ3) is 3.54. The first kappa shape index (κ1) is 15.4. The van der Waals surface area contributed by atoms with Gasteiger partial charge in [0.1, 0.15) is 6.04 Å². The van der Waals surface area contributed by atoms with Gasteiger partial charge in [-0.1, -0.05) is 13.8 Å². The van der Waals surface area contributed by atoms with E-state index in [0.29, 0.717) is 25.1 Å². The molecule has 1 fully saturated rings. The average Bonchev–Trinajstić information content (AvgIpc) is 2.52. The molecule has 5 nitrogen and oxygen atoms in total. The van der Waals surface area contributed by atoms with Crippen molar-refractivity contribution in [1.29, 1.82) is 0 Å². The quantitative estimate of drug-likeness (QED) is 0.870. The van der Waals surface area contributed by atoms with E-state index in [-0.39, 0.29) is 17.9 Å². The van der Waals surface area contributed by atoms with Crippen LogP contribution in [0.1, 0.15) is 37.0 Å². The fourth-order valence-electron chi connectivity index (χ4n) is 2.53. The molecule has 1 aliphatic rings. The van der Waals surface area contributed by atoms with Gasteiger partial charge in [-0.2, -0.15) is 0 Å². The van der Waals surface area contributed by atoms with Crippen molar-refractivity contribution >= 4 is 17.5 Å². The monoisotopic (exact) mass is 289 g/mol. The number of piperazine rings is 1. The lowest BCUT2D eigenvalue weighted by Gasteiger charge is -2.34. The van der Waals surface area contributed by atoms with Gasteiger partial charge in [-0.05, 0) is 37.1 Å². The van der Waals surface area contributed by atoms with Gasteiger partial charge in [0, 0.05) is 30.9 Å². The Hall–Kier alpha value is -2.04. The van der Waals surface area contributed by atoms with Gasteiger partial charge in [0.05, 0.1) is 0 Å². The molecule has 0 aliphatic carbocycles. The van der Waals surface area contributed by atoms with Crippen LogP contribution in [0.3, 0.4) is 0 Å². The highest BCUT2D eigenvalue weighted by molar-refractivity contribution is 5.98. The van der Waals surface area contributed by atoms with Crippen molar-refractivity contribution in [3.8, 4) is 0 Å². The van der Waals surface area contributed by atoms with Crippen LogP contribution in [0.5, 0.6) is 0 Å². The minimum Gasteiger partial charge on any atom is -0.385 e. The van der Waals surface area contributed by atoms with E-state index >= 15 is 0 Å². The van der Waals surface area contributed by atoms with E-state index in [1.807, 2.05) is 31.2 Å². The second-order valence-corrected chi connectivity index (χ2v) is 5.22. The molecule has 1 saturated heterocycles. The second-order valence-electron chi connectivity index (χ2n) is 5.22. The molecule has 1 aromatic rings. The molecule has 2 rings (SSSR count). The Kier molecular flexibility index (Phi) is 5.20. The molecule has 114 valence electrons. The van der Waals surface area contributed by atoms with E-state index in [4.69, 9.17) is 0 Å². The maximum Gasteiger partial charge on any atom is 0.254 e. The van der Waals surface area contributed by atoms with Crippen LogP contribution in [0.2, 0.25) is 0 Å². The van der Waals surface area contributed by atoms with E-state index in [9.17, 15) is 9.59 Å². The summed E-state index contributed by atoms with van der Waals surface area (Å²) in [6.07, 6.45) is 1.69.